The predicted octanol–water partition coefficient (Wildman–Crippen LogP) is 6.38. The molecule has 1 heterocycles. The maximum Gasteiger partial charge on any atom is 0.339 e. The van der Waals surface area contributed by atoms with E-state index in [1.807, 2.05) is 50.2 Å². The third-order valence-electron chi connectivity index (χ3n) is 4.91. The van der Waals surface area contributed by atoms with Crippen molar-refractivity contribution in [3.8, 4) is 0 Å². The maximum absolute atomic E-state index is 13.1. The normalized spacial score (nSPS) is 10.9. The van der Waals surface area contributed by atoms with Gasteiger partial charge in [-0.25, -0.2) is 4.79 Å². The molecule has 0 unspecified atom stereocenters. The van der Waals surface area contributed by atoms with Gasteiger partial charge in [0.25, 0.3) is 5.91 Å². The van der Waals surface area contributed by atoms with Gasteiger partial charge in [-0.15, -0.1) is 0 Å². The lowest BCUT2D eigenvalue weighted by molar-refractivity contribution is -0.119. The Bertz CT molecular complexity index is 1120. The van der Waals surface area contributed by atoms with E-state index in [-0.39, 0.29) is 6.61 Å². The standard InChI is InChI=1S/C24H24Br2N2O3/c1-4-8-19-15(5-2)22(16-9-6-7-10-20(16)27-19)24(30)31-13-21(29)28-23-17(25)11-14(3)12-18(23)26/h6-7,9-12H,4-5,8,13H2,1-3H3,(H,28,29). The highest BCUT2D eigenvalue weighted by atomic mass is 79.9. The van der Waals surface area contributed by atoms with Crippen molar-refractivity contribution in [2.24, 2.45) is 0 Å². The van der Waals surface area contributed by atoms with Gasteiger partial charge in [0.2, 0.25) is 0 Å². The van der Waals surface area contributed by atoms with E-state index in [1.54, 1.807) is 0 Å². The molecule has 0 atom stereocenters. The van der Waals surface area contributed by atoms with E-state index >= 15 is 0 Å². The lowest BCUT2D eigenvalue weighted by atomic mass is 9.96. The summed E-state index contributed by atoms with van der Waals surface area (Å²) in [5.41, 5.74) is 4.69. The SMILES string of the molecule is CCCc1nc2ccccc2c(C(=O)OCC(=O)Nc2c(Br)cc(C)cc2Br)c1CC. The molecule has 7 heteroatoms. The fourth-order valence-corrected chi connectivity index (χ4v) is 5.17. The van der Waals surface area contributed by atoms with Crippen molar-refractivity contribution in [2.75, 3.05) is 11.9 Å². The zero-order chi connectivity index (χ0) is 22.5. The molecule has 3 aromatic rings. The number of carbonyl (C=O) groups is 2. The van der Waals surface area contributed by atoms with Crippen LogP contribution in [-0.2, 0) is 22.4 Å². The third kappa shape index (κ3) is 5.33. The van der Waals surface area contributed by atoms with Crippen LogP contribution in [0.1, 0.15) is 47.4 Å². The van der Waals surface area contributed by atoms with Crippen LogP contribution in [0.5, 0.6) is 0 Å². The minimum Gasteiger partial charge on any atom is -0.452 e. The molecule has 5 nitrogen and oxygen atoms in total. The highest BCUT2D eigenvalue weighted by molar-refractivity contribution is 9.11. The van der Waals surface area contributed by atoms with E-state index in [4.69, 9.17) is 9.72 Å². The number of rotatable bonds is 7. The van der Waals surface area contributed by atoms with E-state index < -0.39 is 11.9 Å². The minimum atomic E-state index is -0.509. The Morgan fingerprint density at radius 2 is 1.77 bits per heavy atom. The Kier molecular flexibility index (Phi) is 7.84. The van der Waals surface area contributed by atoms with E-state index in [2.05, 4.69) is 44.1 Å². The molecule has 0 aliphatic carbocycles. The number of aromatic nitrogens is 1. The highest BCUT2D eigenvalue weighted by Crippen LogP contribution is 2.32. The number of nitrogens with zero attached hydrogens (tertiary/aromatic N) is 1. The van der Waals surface area contributed by atoms with Crippen LogP contribution in [-0.4, -0.2) is 23.5 Å². The number of esters is 1. The molecular formula is C24H24Br2N2O3. The quantitative estimate of drug-likeness (QED) is 0.348. The molecule has 2 aromatic carbocycles. The number of hydrogen-bond acceptors (Lipinski definition) is 4. The molecule has 0 radical (unpaired) electrons. The number of benzene rings is 2. The zero-order valence-electron chi connectivity index (χ0n) is 17.7. The second kappa shape index (κ2) is 10.4. The number of carbonyl (C=O) groups excluding carboxylic acids is 2. The van der Waals surface area contributed by atoms with Gasteiger partial charge >= 0.3 is 5.97 Å². The number of pyridine rings is 1. The number of amides is 1. The second-order valence-corrected chi connectivity index (χ2v) is 8.97. The Balaban J connectivity index is 1.84. The molecule has 1 N–H and O–H groups in total. The first-order valence-electron chi connectivity index (χ1n) is 10.2. The molecule has 1 amide bonds. The van der Waals surface area contributed by atoms with Gasteiger partial charge in [-0.2, -0.15) is 0 Å². The number of para-hydroxylation sites is 1. The number of halogens is 2. The van der Waals surface area contributed by atoms with Crippen molar-refractivity contribution < 1.29 is 14.3 Å². The van der Waals surface area contributed by atoms with Crippen molar-refractivity contribution in [3.05, 3.63) is 67.7 Å². The van der Waals surface area contributed by atoms with Gasteiger partial charge in [0.05, 0.1) is 16.8 Å². The van der Waals surface area contributed by atoms with E-state index in [1.165, 1.54) is 0 Å². The number of aryl methyl sites for hydroxylation is 2. The third-order valence-corrected chi connectivity index (χ3v) is 6.16. The first-order valence-corrected chi connectivity index (χ1v) is 11.8. The Morgan fingerprint density at radius 3 is 2.42 bits per heavy atom. The summed E-state index contributed by atoms with van der Waals surface area (Å²) in [7, 11) is 0. The molecule has 0 saturated carbocycles. The first-order chi connectivity index (χ1) is 14.8. The van der Waals surface area contributed by atoms with Crippen LogP contribution in [0.15, 0.2) is 45.3 Å². The molecule has 1 aromatic heterocycles. The maximum atomic E-state index is 13.1. The summed E-state index contributed by atoms with van der Waals surface area (Å²) < 4.78 is 6.93. The number of ether oxygens (including phenoxy) is 1. The van der Waals surface area contributed by atoms with Gasteiger partial charge in [0.1, 0.15) is 0 Å². The smallest absolute Gasteiger partial charge is 0.339 e. The van der Waals surface area contributed by atoms with E-state index in [0.29, 0.717) is 17.7 Å². The van der Waals surface area contributed by atoms with Gasteiger partial charge < -0.3 is 10.1 Å². The number of hydrogen-bond donors (Lipinski definition) is 1. The van der Waals surface area contributed by atoms with Crippen molar-refractivity contribution in [1.82, 2.24) is 4.98 Å². The van der Waals surface area contributed by atoms with Gasteiger partial charge in [0.15, 0.2) is 6.61 Å². The van der Waals surface area contributed by atoms with Gasteiger partial charge in [-0.1, -0.05) is 38.5 Å². The van der Waals surface area contributed by atoms with Crippen LogP contribution in [0.2, 0.25) is 0 Å². The largest absolute Gasteiger partial charge is 0.452 e. The van der Waals surface area contributed by atoms with Crippen LogP contribution in [0.25, 0.3) is 10.9 Å². The lowest BCUT2D eigenvalue weighted by Crippen LogP contribution is -2.22. The molecule has 0 spiro atoms. The number of anilines is 1. The monoisotopic (exact) mass is 546 g/mol. The molecule has 162 valence electrons. The van der Waals surface area contributed by atoms with Crippen molar-refractivity contribution in [2.45, 2.75) is 40.0 Å². The van der Waals surface area contributed by atoms with Crippen LogP contribution >= 0.6 is 31.9 Å². The second-order valence-electron chi connectivity index (χ2n) is 7.26. The van der Waals surface area contributed by atoms with Crippen LogP contribution < -0.4 is 5.32 Å². The Morgan fingerprint density at radius 1 is 1.10 bits per heavy atom. The summed E-state index contributed by atoms with van der Waals surface area (Å²) in [5.74, 6) is -0.922. The Hall–Kier alpha value is -2.25. The van der Waals surface area contributed by atoms with E-state index in [0.717, 1.165) is 49.5 Å². The first kappa shape index (κ1) is 23.4. The summed E-state index contributed by atoms with van der Waals surface area (Å²) in [5, 5.41) is 3.53. The van der Waals surface area contributed by atoms with Crippen molar-refractivity contribution in [3.63, 3.8) is 0 Å². The molecule has 31 heavy (non-hydrogen) atoms. The van der Waals surface area contributed by atoms with Crippen molar-refractivity contribution in [1.29, 1.82) is 0 Å². The summed E-state index contributed by atoms with van der Waals surface area (Å²) in [6, 6.07) is 11.3. The minimum absolute atomic E-state index is 0.380. The Labute approximate surface area is 198 Å². The molecule has 0 saturated heterocycles. The predicted molar refractivity (Wildman–Crippen MR) is 131 cm³/mol. The molecule has 3 rings (SSSR count). The fraction of sp³-hybridized carbons (Fsp3) is 0.292. The molecule has 0 fully saturated rings. The van der Waals surface area contributed by atoms with Crippen LogP contribution in [0.3, 0.4) is 0 Å². The average Bonchev–Trinajstić information content (AvgIpc) is 2.73. The topological polar surface area (TPSA) is 68.3 Å². The van der Waals surface area contributed by atoms with Gasteiger partial charge in [-0.3, -0.25) is 9.78 Å². The van der Waals surface area contributed by atoms with Gasteiger partial charge in [0, 0.05) is 20.0 Å². The molecule has 0 aliphatic rings. The van der Waals surface area contributed by atoms with Gasteiger partial charge in [-0.05, 0) is 81.0 Å². The summed E-state index contributed by atoms with van der Waals surface area (Å²) in [6.07, 6.45) is 2.37. The number of fused-ring (bicyclic) bond motifs is 1. The summed E-state index contributed by atoms with van der Waals surface area (Å²) in [6.45, 7) is 5.66. The summed E-state index contributed by atoms with van der Waals surface area (Å²) >= 11 is 6.90. The highest BCUT2D eigenvalue weighted by Gasteiger charge is 2.21. The fourth-order valence-electron chi connectivity index (χ4n) is 3.56. The van der Waals surface area contributed by atoms with Crippen LogP contribution in [0.4, 0.5) is 5.69 Å². The van der Waals surface area contributed by atoms with Crippen molar-refractivity contribution >= 4 is 60.3 Å². The molecule has 0 bridgehead atoms. The number of nitrogens with one attached hydrogen (secondary N) is 1. The molecular weight excluding hydrogens is 524 g/mol. The zero-order valence-corrected chi connectivity index (χ0v) is 20.9. The average molecular weight is 548 g/mol. The lowest BCUT2D eigenvalue weighted by Gasteiger charge is -2.16. The van der Waals surface area contributed by atoms with E-state index in [9.17, 15) is 9.59 Å². The summed E-state index contributed by atoms with van der Waals surface area (Å²) in [4.78, 5) is 30.3. The van der Waals surface area contributed by atoms with Crippen LogP contribution in [0, 0.1) is 6.92 Å². The molecule has 0 aliphatic heterocycles.